The average Bonchev–Trinajstić information content (AvgIpc) is 3.47. The lowest BCUT2D eigenvalue weighted by atomic mass is 10.3. The molecule has 0 aliphatic carbocycles. The second kappa shape index (κ2) is 8.78. The molecule has 0 spiro atoms. The molecule has 0 unspecified atom stereocenters. The van der Waals surface area contributed by atoms with Crippen molar-refractivity contribution in [1.82, 2.24) is 40.4 Å². The van der Waals surface area contributed by atoms with E-state index in [4.69, 9.17) is 9.47 Å². The summed E-state index contributed by atoms with van der Waals surface area (Å²) in [4.78, 5) is 22.7. The number of rotatable bonds is 9. The van der Waals surface area contributed by atoms with Gasteiger partial charge in [-0.3, -0.25) is 20.2 Å². The van der Waals surface area contributed by atoms with Gasteiger partial charge in [0.2, 0.25) is 0 Å². The van der Waals surface area contributed by atoms with Crippen LogP contribution in [-0.4, -0.2) is 63.5 Å². The molecule has 0 atom stereocenters. The van der Waals surface area contributed by atoms with Crippen molar-refractivity contribution in [1.29, 1.82) is 0 Å². The first kappa shape index (κ1) is 20.3. The number of tetrazole rings is 2. The van der Waals surface area contributed by atoms with Crippen LogP contribution in [0.1, 0.15) is 0 Å². The number of nitro groups is 2. The summed E-state index contributed by atoms with van der Waals surface area (Å²) in [6.07, 6.45) is 0. The van der Waals surface area contributed by atoms with E-state index < -0.39 is 9.85 Å². The van der Waals surface area contributed by atoms with E-state index in [0.717, 1.165) is 9.59 Å². The van der Waals surface area contributed by atoms with E-state index in [-0.39, 0.29) is 36.6 Å². The van der Waals surface area contributed by atoms with Gasteiger partial charge >= 0.3 is 12.0 Å². The zero-order valence-electron chi connectivity index (χ0n) is 16.0. The minimum atomic E-state index is -0.507. The van der Waals surface area contributed by atoms with E-state index in [9.17, 15) is 20.2 Å². The second-order valence-electron chi connectivity index (χ2n) is 5.97. The molecule has 2 heterocycles. The van der Waals surface area contributed by atoms with Crippen molar-refractivity contribution in [3.8, 4) is 23.4 Å². The van der Waals surface area contributed by atoms with Crippen LogP contribution in [0.5, 0.6) is 12.0 Å². The molecule has 0 bridgehead atoms. The number of aromatic nitrogens is 8. The monoisotopic (exact) mass is 440 g/mol. The van der Waals surface area contributed by atoms with Crippen molar-refractivity contribution in [2.75, 3.05) is 13.2 Å². The molecule has 0 fully saturated rings. The third kappa shape index (κ3) is 4.58. The van der Waals surface area contributed by atoms with Crippen LogP contribution >= 0.6 is 0 Å². The van der Waals surface area contributed by atoms with Crippen LogP contribution in [0.2, 0.25) is 0 Å². The largest absolute Gasteiger partial charge is 0.458 e. The molecule has 0 saturated heterocycles. The van der Waals surface area contributed by atoms with Gasteiger partial charge in [-0.25, -0.2) is 0 Å². The fraction of sp³-hybridized carbons (Fsp3) is 0.125. The summed E-state index contributed by atoms with van der Waals surface area (Å²) in [7, 11) is 0. The van der Waals surface area contributed by atoms with E-state index >= 15 is 0 Å². The number of ether oxygens (including phenoxy) is 2. The maximum absolute atomic E-state index is 10.7. The molecule has 32 heavy (non-hydrogen) atoms. The van der Waals surface area contributed by atoms with Crippen LogP contribution in [0.15, 0.2) is 48.5 Å². The van der Waals surface area contributed by atoms with Crippen LogP contribution in [-0.2, 0) is 0 Å². The van der Waals surface area contributed by atoms with Gasteiger partial charge in [0.1, 0.15) is 13.2 Å². The highest BCUT2D eigenvalue weighted by Crippen LogP contribution is 2.15. The summed E-state index contributed by atoms with van der Waals surface area (Å²) in [6.45, 7) is 0.107. The number of nitro benzene ring substituents is 2. The molecule has 2 aromatic heterocycles. The molecule has 162 valence electrons. The topological polar surface area (TPSA) is 192 Å². The van der Waals surface area contributed by atoms with E-state index in [0.29, 0.717) is 11.4 Å². The highest BCUT2D eigenvalue weighted by Gasteiger charge is 2.11. The highest BCUT2D eigenvalue weighted by molar-refractivity contribution is 5.40. The number of benzene rings is 2. The van der Waals surface area contributed by atoms with E-state index in [1.165, 1.54) is 48.5 Å². The van der Waals surface area contributed by atoms with Crippen LogP contribution < -0.4 is 9.47 Å². The lowest BCUT2D eigenvalue weighted by Gasteiger charge is -2.01. The lowest BCUT2D eigenvalue weighted by molar-refractivity contribution is -0.385. The molecule has 0 amide bonds. The van der Waals surface area contributed by atoms with Gasteiger partial charge in [0.15, 0.2) is 0 Å². The molecular formula is C16H12N10O6. The van der Waals surface area contributed by atoms with Crippen LogP contribution in [0.25, 0.3) is 11.4 Å². The molecular weight excluding hydrogens is 428 g/mol. The maximum atomic E-state index is 10.7. The summed E-state index contributed by atoms with van der Waals surface area (Å²) in [5.41, 5.74) is 0.839. The van der Waals surface area contributed by atoms with Gasteiger partial charge in [0.05, 0.1) is 21.2 Å². The minimum Gasteiger partial charge on any atom is -0.458 e. The molecule has 16 heteroatoms. The first-order chi connectivity index (χ1) is 15.5. The van der Waals surface area contributed by atoms with E-state index in [1.807, 2.05) is 0 Å². The predicted octanol–water partition coefficient (Wildman–Crippen LogP) is 0.912. The van der Waals surface area contributed by atoms with Gasteiger partial charge in [-0.05, 0) is 34.7 Å². The van der Waals surface area contributed by atoms with Crippen molar-refractivity contribution in [3.63, 3.8) is 0 Å². The molecule has 2 aromatic carbocycles. The molecule has 0 aliphatic heterocycles. The Morgan fingerprint density at radius 3 is 1.41 bits per heavy atom. The Bertz CT molecular complexity index is 1140. The fourth-order valence-electron chi connectivity index (χ4n) is 2.42. The molecule has 4 aromatic rings. The van der Waals surface area contributed by atoms with Crippen molar-refractivity contribution >= 4 is 11.4 Å². The zero-order valence-corrected chi connectivity index (χ0v) is 16.0. The number of hydrogen-bond donors (Lipinski definition) is 0. The number of non-ortho nitro benzene ring substituents is 2. The summed E-state index contributed by atoms with van der Waals surface area (Å²) in [5, 5.41) is 44.5. The highest BCUT2D eigenvalue weighted by atomic mass is 16.6. The lowest BCUT2D eigenvalue weighted by Crippen LogP contribution is -2.11. The number of hydrogen-bond acceptors (Lipinski definition) is 12. The predicted molar refractivity (Wildman–Crippen MR) is 103 cm³/mol. The van der Waals surface area contributed by atoms with Crippen LogP contribution in [0, 0.1) is 20.2 Å². The van der Waals surface area contributed by atoms with E-state index in [2.05, 4.69) is 30.8 Å². The van der Waals surface area contributed by atoms with Gasteiger partial charge in [-0.2, -0.15) is 0 Å². The van der Waals surface area contributed by atoms with E-state index in [1.54, 1.807) is 0 Å². The Balaban J connectivity index is 1.27. The van der Waals surface area contributed by atoms with Gasteiger partial charge in [-0.15, -0.1) is 9.59 Å². The maximum Gasteiger partial charge on any atom is 0.356 e. The standard InChI is InChI=1S/C16H12N10O6/c27-25(28)13-5-1-11(2-6-13)23-19-15(17-21-23)31-9-10-32-16-18-22-24(20-16)12-3-7-14(8-4-12)26(29)30/h1-8H,9-10H2. The van der Waals surface area contributed by atoms with Gasteiger partial charge in [0, 0.05) is 24.3 Å². The molecule has 4 rings (SSSR count). The first-order valence-electron chi connectivity index (χ1n) is 8.85. The smallest absolute Gasteiger partial charge is 0.356 e. The molecule has 0 saturated carbocycles. The average molecular weight is 440 g/mol. The van der Waals surface area contributed by atoms with Crippen LogP contribution in [0.4, 0.5) is 11.4 Å². The van der Waals surface area contributed by atoms with Gasteiger partial charge < -0.3 is 9.47 Å². The Morgan fingerprint density at radius 2 is 1.06 bits per heavy atom. The second-order valence-corrected chi connectivity index (χ2v) is 5.97. The van der Waals surface area contributed by atoms with Crippen molar-refractivity contribution < 1.29 is 19.3 Å². The summed E-state index contributed by atoms with van der Waals surface area (Å²) < 4.78 is 10.7. The van der Waals surface area contributed by atoms with Gasteiger partial charge in [-0.1, -0.05) is 20.4 Å². The molecule has 0 radical (unpaired) electrons. The third-order valence-corrected chi connectivity index (χ3v) is 3.92. The summed E-state index contributed by atoms with van der Waals surface area (Å²) in [5.74, 6) is 0. The summed E-state index contributed by atoms with van der Waals surface area (Å²) in [6, 6.07) is 11.2. The van der Waals surface area contributed by atoms with Gasteiger partial charge in [0.25, 0.3) is 11.4 Å². The Labute approximate surface area is 177 Å². The molecule has 0 N–H and O–H groups in total. The molecule has 0 aliphatic rings. The first-order valence-corrected chi connectivity index (χ1v) is 8.85. The summed E-state index contributed by atoms with van der Waals surface area (Å²) >= 11 is 0. The normalized spacial score (nSPS) is 10.6. The molecule has 16 nitrogen and oxygen atoms in total. The number of nitrogens with zero attached hydrogens (tertiary/aromatic N) is 10. The minimum absolute atomic E-state index is 0.0190. The Morgan fingerprint density at radius 1 is 0.688 bits per heavy atom. The van der Waals surface area contributed by atoms with Crippen molar-refractivity contribution in [3.05, 3.63) is 68.8 Å². The fourth-order valence-corrected chi connectivity index (χ4v) is 2.42. The third-order valence-electron chi connectivity index (χ3n) is 3.92. The Kier molecular flexibility index (Phi) is 5.56. The Hall–Kier alpha value is -5.02. The quantitative estimate of drug-likeness (QED) is 0.203. The van der Waals surface area contributed by atoms with Crippen molar-refractivity contribution in [2.45, 2.75) is 0 Å². The SMILES string of the molecule is O=[N+]([O-])c1ccc(-n2nnc(OCCOc3nnn(-c4ccc([N+](=O)[O-])cc4)n3)n2)cc1. The van der Waals surface area contributed by atoms with Crippen molar-refractivity contribution in [2.24, 2.45) is 0 Å². The zero-order chi connectivity index (χ0) is 22.5. The van der Waals surface area contributed by atoms with Crippen LogP contribution in [0.3, 0.4) is 0 Å².